The zero-order chi connectivity index (χ0) is 23.7. The molecule has 4 aromatic rings. The van der Waals surface area contributed by atoms with Crippen LogP contribution in [0.25, 0.3) is 21.5 Å². The van der Waals surface area contributed by atoms with Crippen LogP contribution in [0.3, 0.4) is 0 Å². The van der Waals surface area contributed by atoms with Crippen molar-refractivity contribution in [3.05, 3.63) is 53.3 Å². The molecule has 1 aliphatic heterocycles. The Balaban J connectivity index is 1.33. The highest BCUT2D eigenvalue weighted by molar-refractivity contribution is 7.14. The van der Waals surface area contributed by atoms with Gasteiger partial charge in [0.15, 0.2) is 0 Å². The molecule has 1 aliphatic rings. The number of piperidine rings is 1. The van der Waals surface area contributed by atoms with E-state index in [1.54, 1.807) is 18.5 Å². The van der Waals surface area contributed by atoms with Gasteiger partial charge in [-0.15, -0.1) is 10.2 Å². The normalized spacial score (nSPS) is 14.9. The van der Waals surface area contributed by atoms with Gasteiger partial charge in [-0.25, -0.2) is 15.0 Å². The van der Waals surface area contributed by atoms with E-state index in [4.69, 9.17) is 0 Å². The number of carbonyl (C=O) groups excluding carboxylic acids is 1. The van der Waals surface area contributed by atoms with Crippen molar-refractivity contribution in [1.82, 2.24) is 30.0 Å². The number of rotatable bonds is 5. The molecule has 1 N–H and O–H groups in total. The predicted molar refractivity (Wildman–Crippen MR) is 134 cm³/mol. The Morgan fingerprint density at radius 2 is 1.97 bits per heavy atom. The number of aryl methyl sites for hydroxylation is 1. The number of hydrogen-bond acceptors (Lipinski definition) is 9. The van der Waals surface area contributed by atoms with E-state index < -0.39 is 0 Å². The van der Waals surface area contributed by atoms with Crippen molar-refractivity contribution in [3.8, 4) is 10.6 Å². The fourth-order valence-electron chi connectivity index (χ4n) is 4.13. The highest BCUT2D eigenvalue weighted by Gasteiger charge is 2.22. The molecular weight excluding hydrogens is 448 g/mol. The Labute approximate surface area is 201 Å². The van der Waals surface area contributed by atoms with E-state index in [0.717, 1.165) is 58.2 Å². The number of aromatic nitrogens is 5. The minimum atomic E-state index is -0.268. The Morgan fingerprint density at radius 3 is 2.74 bits per heavy atom. The minimum Gasteiger partial charge on any atom is -0.357 e. The molecule has 1 amide bonds. The highest BCUT2D eigenvalue weighted by Crippen LogP contribution is 2.26. The number of carbonyl (C=O) groups is 1. The average molecular weight is 475 g/mol. The predicted octanol–water partition coefficient (Wildman–Crippen LogP) is 3.63. The number of likely N-dealkylation sites (tertiary alicyclic amines) is 1. The first kappa shape index (κ1) is 22.3. The molecule has 0 spiro atoms. The molecule has 0 atom stereocenters. The molecule has 34 heavy (non-hydrogen) atoms. The van der Waals surface area contributed by atoms with Crippen LogP contribution >= 0.6 is 11.3 Å². The molecule has 1 fully saturated rings. The smallest absolute Gasteiger partial charge is 0.258 e. The summed E-state index contributed by atoms with van der Waals surface area (Å²) in [5, 5.41) is 13.7. The van der Waals surface area contributed by atoms with E-state index in [1.165, 1.54) is 11.3 Å². The molecule has 4 heterocycles. The second-order valence-corrected chi connectivity index (χ2v) is 9.78. The number of amides is 1. The van der Waals surface area contributed by atoms with E-state index in [9.17, 15) is 4.79 Å². The summed E-state index contributed by atoms with van der Waals surface area (Å²) in [6.45, 7) is 4.05. The molecule has 3 aromatic heterocycles. The zero-order valence-electron chi connectivity index (χ0n) is 19.4. The van der Waals surface area contributed by atoms with Gasteiger partial charge in [-0.1, -0.05) is 23.5 Å². The monoisotopic (exact) mass is 474 g/mol. The standard InChI is InChI=1S/C24H26N8OS/c1-15-29-30-23(34-15)17-4-5-18-14-26-24(27-20(18)12-17)28-22(33)16-6-9-25-21(13-16)32(3)19-7-10-31(2)11-8-19/h4-6,9,12-14,19H,7-8,10-11H2,1-3H3,(H,26,27,28,33). The molecule has 5 rings (SSSR count). The average Bonchev–Trinajstić information content (AvgIpc) is 3.30. The van der Waals surface area contributed by atoms with Crippen LogP contribution in [0.5, 0.6) is 0 Å². The van der Waals surface area contributed by atoms with Gasteiger partial charge in [0.1, 0.15) is 15.8 Å². The van der Waals surface area contributed by atoms with Crippen LogP contribution in [-0.2, 0) is 0 Å². The summed E-state index contributed by atoms with van der Waals surface area (Å²) >= 11 is 1.53. The summed E-state index contributed by atoms with van der Waals surface area (Å²) in [7, 11) is 4.19. The lowest BCUT2D eigenvalue weighted by molar-refractivity contribution is 0.102. The fourth-order valence-corrected chi connectivity index (χ4v) is 4.81. The van der Waals surface area contributed by atoms with Crippen molar-refractivity contribution in [3.63, 3.8) is 0 Å². The Kier molecular flexibility index (Phi) is 6.16. The number of pyridine rings is 1. The summed E-state index contributed by atoms with van der Waals surface area (Å²) in [6.07, 6.45) is 5.54. The van der Waals surface area contributed by atoms with Gasteiger partial charge in [0.25, 0.3) is 5.91 Å². The van der Waals surface area contributed by atoms with Crippen molar-refractivity contribution in [2.75, 3.05) is 37.4 Å². The third-order valence-electron chi connectivity index (χ3n) is 6.19. The van der Waals surface area contributed by atoms with Crippen molar-refractivity contribution in [1.29, 1.82) is 0 Å². The van der Waals surface area contributed by atoms with E-state index >= 15 is 0 Å². The van der Waals surface area contributed by atoms with Crippen LogP contribution in [0.4, 0.5) is 11.8 Å². The van der Waals surface area contributed by atoms with Gasteiger partial charge in [0, 0.05) is 42.0 Å². The topological polar surface area (TPSA) is 100 Å². The van der Waals surface area contributed by atoms with Gasteiger partial charge < -0.3 is 9.80 Å². The van der Waals surface area contributed by atoms with Gasteiger partial charge in [0.2, 0.25) is 5.95 Å². The van der Waals surface area contributed by atoms with Crippen molar-refractivity contribution < 1.29 is 4.79 Å². The summed E-state index contributed by atoms with van der Waals surface area (Å²) in [4.78, 5) is 30.9. The second-order valence-electron chi connectivity index (χ2n) is 8.60. The van der Waals surface area contributed by atoms with Crippen LogP contribution < -0.4 is 10.2 Å². The van der Waals surface area contributed by atoms with Crippen molar-refractivity contribution in [2.45, 2.75) is 25.8 Å². The number of fused-ring (bicyclic) bond motifs is 1. The first-order valence-electron chi connectivity index (χ1n) is 11.2. The van der Waals surface area contributed by atoms with Gasteiger partial charge in [-0.2, -0.15) is 0 Å². The molecule has 9 nitrogen and oxygen atoms in total. The Hall–Kier alpha value is -3.50. The van der Waals surface area contributed by atoms with Crippen molar-refractivity contribution in [2.24, 2.45) is 0 Å². The third kappa shape index (κ3) is 4.73. The highest BCUT2D eigenvalue weighted by atomic mass is 32.1. The third-order valence-corrected chi connectivity index (χ3v) is 7.07. The van der Waals surface area contributed by atoms with E-state index in [-0.39, 0.29) is 11.9 Å². The molecule has 0 saturated carbocycles. The molecule has 1 aromatic carbocycles. The number of nitrogens with one attached hydrogen (secondary N) is 1. The molecular formula is C24H26N8OS. The van der Waals surface area contributed by atoms with E-state index in [0.29, 0.717) is 11.6 Å². The van der Waals surface area contributed by atoms with Crippen LogP contribution in [0.1, 0.15) is 28.2 Å². The maximum atomic E-state index is 13.0. The fraction of sp³-hybridized carbons (Fsp3) is 0.333. The van der Waals surface area contributed by atoms with Gasteiger partial charge >= 0.3 is 0 Å². The molecule has 0 bridgehead atoms. The molecule has 0 aliphatic carbocycles. The largest absolute Gasteiger partial charge is 0.357 e. The Bertz CT molecular complexity index is 1330. The lowest BCUT2D eigenvalue weighted by atomic mass is 10.0. The van der Waals surface area contributed by atoms with Crippen molar-refractivity contribution >= 4 is 39.9 Å². The number of nitrogens with zero attached hydrogens (tertiary/aromatic N) is 7. The van der Waals surface area contributed by atoms with Gasteiger partial charge in [-0.05, 0) is 58.1 Å². The van der Waals surface area contributed by atoms with Gasteiger partial charge in [0.05, 0.1) is 5.52 Å². The van der Waals surface area contributed by atoms with E-state index in [2.05, 4.69) is 47.3 Å². The summed E-state index contributed by atoms with van der Waals surface area (Å²) in [6, 6.07) is 9.80. The maximum absolute atomic E-state index is 13.0. The summed E-state index contributed by atoms with van der Waals surface area (Å²) < 4.78 is 0. The molecule has 0 radical (unpaired) electrons. The van der Waals surface area contributed by atoms with Crippen LogP contribution in [0.2, 0.25) is 0 Å². The molecule has 1 saturated heterocycles. The summed E-state index contributed by atoms with van der Waals surface area (Å²) in [5.74, 6) is 0.777. The second kappa shape index (κ2) is 9.40. The quantitative estimate of drug-likeness (QED) is 0.468. The van der Waals surface area contributed by atoms with Crippen LogP contribution in [-0.4, -0.2) is 69.2 Å². The Morgan fingerprint density at radius 1 is 1.15 bits per heavy atom. The first-order valence-corrected chi connectivity index (χ1v) is 12.0. The number of hydrogen-bond donors (Lipinski definition) is 1. The zero-order valence-corrected chi connectivity index (χ0v) is 20.2. The minimum absolute atomic E-state index is 0.255. The lowest BCUT2D eigenvalue weighted by Crippen LogP contribution is -2.42. The lowest BCUT2D eigenvalue weighted by Gasteiger charge is -2.35. The number of anilines is 2. The van der Waals surface area contributed by atoms with Crippen LogP contribution in [0, 0.1) is 6.92 Å². The SMILES string of the molecule is Cc1nnc(-c2ccc3cnc(NC(=O)c4ccnc(N(C)C5CCN(C)CC5)c4)nc3c2)s1. The summed E-state index contributed by atoms with van der Waals surface area (Å²) in [5.41, 5.74) is 2.18. The van der Waals surface area contributed by atoms with Crippen LogP contribution in [0.15, 0.2) is 42.7 Å². The molecule has 10 heteroatoms. The molecule has 174 valence electrons. The maximum Gasteiger partial charge on any atom is 0.258 e. The van der Waals surface area contributed by atoms with E-state index in [1.807, 2.05) is 38.2 Å². The first-order chi connectivity index (χ1) is 16.5. The van der Waals surface area contributed by atoms with Gasteiger partial charge in [-0.3, -0.25) is 10.1 Å². The number of benzene rings is 1. The molecule has 0 unspecified atom stereocenters.